The van der Waals surface area contributed by atoms with E-state index in [1.807, 2.05) is 0 Å². The number of Topliss-reactive ketones (excluding diaryl/α,β-unsaturated/α-hetero) is 2. The molecule has 5 nitrogen and oxygen atoms in total. The summed E-state index contributed by atoms with van der Waals surface area (Å²) < 4.78 is 4.74. The number of carbonyl (C=O) groups excluding carboxylic acids is 3. The Balaban J connectivity index is 2.15. The first-order chi connectivity index (χ1) is 8.52. The molecule has 2 fully saturated rings. The van der Waals surface area contributed by atoms with Gasteiger partial charge < -0.3 is 4.74 Å². The first kappa shape index (κ1) is 13.1. The van der Waals surface area contributed by atoms with Crippen molar-refractivity contribution in [3.63, 3.8) is 0 Å². The van der Waals surface area contributed by atoms with Crippen molar-refractivity contribution < 1.29 is 19.1 Å². The molecule has 1 aliphatic heterocycles. The van der Waals surface area contributed by atoms with Crippen molar-refractivity contribution in [2.75, 3.05) is 13.7 Å². The molecule has 5 heteroatoms. The first-order valence-electron chi connectivity index (χ1n) is 6.39. The van der Waals surface area contributed by atoms with Gasteiger partial charge in [-0.3, -0.25) is 14.5 Å². The van der Waals surface area contributed by atoms with Crippen LogP contribution >= 0.6 is 0 Å². The van der Waals surface area contributed by atoms with Crippen LogP contribution in [-0.4, -0.2) is 42.3 Å². The van der Waals surface area contributed by atoms with Crippen LogP contribution in [-0.2, 0) is 14.3 Å². The van der Waals surface area contributed by atoms with Crippen LogP contribution in [0.15, 0.2) is 0 Å². The number of fused-ring (bicyclic) bond motifs is 1. The molecule has 0 bridgehead atoms. The molecular formula is C13H19NO4. The number of likely N-dealkylation sites (tertiary alicyclic amines) is 1. The summed E-state index contributed by atoms with van der Waals surface area (Å²) in [6.45, 7) is 2.03. The molecule has 1 amide bonds. The van der Waals surface area contributed by atoms with Gasteiger partial charge in [0.25, 0.3) is 0 Å². The quantitative estimate of drug-likeness (QED) is 0.708. The molecule has 1 heterocycles. The highest BCUT2D eigenvalue weighted by molar-refractivity contribution is 5.86. The van der Waals surface area contributed by atoms with E-state index in [1.54, 1.807) is 0 Å². The number of rotatable bonds is 1. The van der Waals surface area contributed by atoms with Crippen molar-refractivity contribution >= 4 is 17.7 Å². The average Bonchev–Trinajstić information content (AvgIpc) is 2.36. The number of carbonyl (C=O) groups is 3. The Bertz CT molecular complexity index is 379. The number of hydrogen-bond donors (Lipinski definition) is 0. The van der Waals surface area contributed by atoms with Crippen molar-refractivity contribution in [2.45, 2.75) is 38.6 Å². The van der Waals surface area contributed by atoms with Gasteiger partial charge in [0.15, 0.2) is 5.78 Å². The lowest BCUT2D eigenvalue weighted by atomic mass is 9.72. The smallest absolute Gasteiger partial charge is 0.410 e. The van der Waals surface area contributed by atoms with Gasteiger partial charge in [0.2, 0.25) is 0 Å². The highest BCUT2D eigenvalue weighted by Gasteiger charge is 2.42. The second-order valence-corrected chi connectivity index (χ2v) is 5.29. The van der Waals surface area contributed by atoms with Crippen LogP contribution in [0.25, 0.3) is 0 Å². The molecule has 1 aliphatic carbocycles. The van der Waals surface area contributed by atoms with Crippen molar-refractivity contribution in [3.05, 3.63) is 0 Å². The number of piperidine rings is 1. The molecule has 0 N–H and O–H groups in total. The topological polar surface area (TPSA) is 63.7 Å². The minimum Gasteiger partial charge on any atom is -0.453 e. The van der Waals surface area contributed by atoms with Gasteiger partial charge in [-0.15, -0.1) is 0 Å². The minimum atomic E-state index is -0.439. The maximum absolute atomic E-state index is 11.7. The predicted molar refractivity (Wildman–Crippen MR) is 64.0 cm³/mol. The Morgan fingerprint density at radius 2 is 2.06 bits per heavy atom. The summed E-state index contributed by atoms with van der Waals surface area (Å²) in [5.74, 6) is 0.834. The van der Waals surface area contributed by atoms with Gasteiger partial charge in [0, 0.05) is 19.4 Å². The van der Waals surface area contributed by atoms with Crippen LogP contribution in [0.5, 0.6) is 0 Å². The summed E-state index contributed by atoms with van der Waals surface area (Å²) in [6.07, 6.45) is 2.14. The van der Waals surface area contributed by atoms with Gasteiger partial charge >= 0.3 is 6.09 Å². The molecule has 100 valence electrons. The second-order valence-electron chi connectivity index (χ2n) is 5.29. The maximum atomic E-state index is 11.7. The van der Waals surface area contributed by atoms with Gasteiger partial charge in [0.05, 0.1) is 13.2 Å². The number of amides is 1. The molecule has 0 aromatic carbocycles. The third kappa shape index (κ3) is 2.40. The Labute approximate surface area is 106 Å². The summed E-state index contributed by atoms with van der Waals surface area (Å²) in [6, 6.07) is -0.426. The third-order valence-electron chi connectivity index (χ3n) is 4.16. The van der Waals surface area contributed by atoms with E-state index in [-0.39, 0.29) is 17.5 Å². The molecule has 1 saturated carbocycles. The number of ether oxygens (including phenoxy) is 1. The Morgan fingerprint density at radius 1 is 1.33 bits per heavy atom. The van der Waals surface area contributed by atoms with Crippen molar-refractivity contribution in [1.82, 2.24) is 4.90 Å². The molecule has 0 spiro atoms. The number of nitrogens with zero attached hydrogens (tertiary/aromatic N) is 1. The highest BCUT2D eigenvalue weighted by atomic mass is 16.5. The minimum absolute atomic E-state index is 0.0307. The number of methoxy groups -OCH3 is 1. The van der Waals surface area contributed by atoms with Crippen molar-refractivity contribution in [3.8, 4) is 0 Å². The second kappa shape index (κ2) is 5.08. The van der Waals surface area contributed by atoms with Crippen molar-refractivity contribution in [2.24, 2.45) is 11.8 Å². The lowest BCUT2D eigenvalue weighted by Crippen LogP contribution is -2.54. The molecule has 2 aliphatic rings. The van der Waals surface area contributed by atoms with E-state index < -0.39 is 12.1 Å². The lowest BCUT2D eigenvalue weighted by molar-refractivity contribution is -0.129. The van der Waals surface area contributed by atoms with Crippen molar-refractivity contribution in [1.29, 1.82) is 0 Å². The largest absolute Gasteiger partial charge is 0.453 e. The van der Waals surface area contributed by atoms with Gasteiger partial charge in [-0.25, -0.2) is 4.79 Å². The summed E-state index contributed by atoms with van der Waals surface area (Å²) in [5, 5.41) is 0. The van der Waals surface area contributed by atoms with Crippen LogP contribution in [0.3, 0.4) is 0 Å². The Kier molecular flexibility index (Phi) is 3.68. The molecule has 0 radical (unpaired) electrons. The fourth-order valence-corrected chi connectivity index (χ4v) is 3.16. The van der Waals surface area contributed by atoms with E-state index >= 15 is 0 Å². The Hall–Kier alpha value is -1.39. The molecule has 18 heavy (non-hydrogen) atoms. The number of ketones is 2. The fourth-order valence-electron chi connectivity index (χ4n) is 3.16. The summed E-state index contributed by atoms with van der Waals surface area (Å²) in [7, 11) is 1.33. The van der Waals surface area contributed by atoms with Crippen LogP contribution in [0, 0.1) is 11.8 Å². The van der Waals surface area contributed by atoms with Crippen LogP contribution < -0.4 is 0 Å². The summed E-state index contributed by atoms with van der Waals surface area (Å²) in [5.41, 5.74) is 0. The molecule has 0 aromatic rings. The van der Waals surface area contributed by atoms with E-state index in [0.717, 1.165) is 6.42 Å². The lowest BCUT2D eigenvalue weighted by Gasteiger charge is -2.44. The monoisotopic (exact) mass is 253 g/mol. The molecule has 2 rings (SSSR count). The first-order valence-corrected chi connectivity index (χ1v) is 6.39. The highest BCUT2D eigenvalue weighted by Crippen LogP contribution is 2.37. The average molecular weight is 253 g/mol. The van der Waals surface area contributed by atoms with Gasteiger partial charge in [-0.1, -0.05) is 0 Å². The molecule has 0 unspecified atom stereocenters. The molecular weight excluding hydrogens is 234 g/mol. The van der Waals surface area contributed by atoms with E-state index in [1.165, 1.54) is 18.9 Å². The SMILES string of the molecule is COC(=O)N1C[C@@H]2CCC(=O)C[C@@H]2C[C@H]1C(C)=O. The van der Waals surface area contributed by atoms with E-state index in [9.17, 15) is 14.4 Å². The van der Waals surface area contributed by atoms with Gasteiger partial charge in [-0.2, -0.15) is 0 Å². The summed E-state index contributed by atoms with van der Waals surface area (Å²) in [4.78, 5) is 36.4. The van der Waals surface area contributed by atoms with E-state index in [0.29, 0.717) is 31.7 Å². The van der Waals surface area contributed by atoms with Crippen LogP contribution in [0.2, 0.25) is 0 Å². The number of hydrogen-bond acceptors (Lipinski definition) is 4. The van der Waals surface area contributed by atoms with Gasteiger partial charge in [-0.05, 0) is 31.6 Å². The van der Waals surface area contributed by atoms with Crippen LogP contribution in [0.1, 0.15) is 32.6 Å². The van der Waals surface area contributed by atoms with E-state index in [4.69, 9.17) is 4.74 Å². The van der Waals surface area contributed by atoms with Gasteiger partial charge in [0.1, 0.15) is 5.78 Å². The zero-order chi connectivity index (χ0) is 13.3. The third-order valence-corrected chi connectivity index (χ3v) is 4.16. The van der Waals surface area contributed by atoms with Crippen LogP contribution in [0.4, 0.5) is 4.79 Å². The molecule has 3 atom stereocenters. The fraction of sp³-hybridized carbons (Fsp3) is 0.769. The Morgan fingerprint density at radius 3 is 2.67 bits per heavy atom. The van der Waals surface area contributed by atoms with E-state index in [2.05, 4.69) is 0 Å². The zero-order valence-electron chi connectivity index (χ0n) is 10.8. The summed E-state index contributed by atoms with van der Waals surface area (Å²) >= 11 is 0. The standard InChI is InChI=1S/C13H19NO4/c1-8(15)12-6-10-5-11(16)4-3-9(10)7-14(12)13(17)18-2/h9-10,12H,3-7H2,1-2H3/t9-,10+,12-/m0/s1. The zero-order valence-corrected chi connectivity index (χ0v) is 10.8. The maximum Gasteiger partial charge on any atom is 0.410 e. The molecule has 1 saturated heterocycles. The molecule has 0 aromatic heterocycles. The normalized spacial score (nSPS) is 31.8. The predicted octanol–water partition coefficient (Wildman–Crippen LogP) is 1.40.